The van der Waals surface area contributed by atoms with Crippen molar-refractivity contribution in [1.82, 2.24) is 0 Å². The fourth-order valence-corrected chi connectivity index (χ4v) is 1.30. The fraction of sp³-hybridized carbons (Fsp3) is 0.600. The standard InChI is InChI=1S/C10H16O/c1-11-9-5-8-10-6-3-2-4-7-10/h2-3,6H,4-5,7-9H2,1H3. The lowest BCUT2D eigenvalue weighted by molar-refractivity contribution is 0.195. The highest BCUT2D eigenvalue weighted by Gasteiger charge is 1.98. The topological polar surface area (TPSA) is 9.23 Å². The van der Waals surface area contributed by atoms with E-state index in [1.807, 2.05) is 0 Å². The number of methoxy groups -OCH3 is 1. The van der Waals surface area contributed by atoms with E-state index in [4.69, 9.17) is 4.74 Å². The Morgan fingerprint density at radius 1 is 1.55 bits per heavy atom. The quantitative estimate of drug-likeness (QED) is 0.563. The van der Waals surface area contributed by atoms with Crippen LogP contribution in [0.1, 0.15) is 25.7 Å². The average Bonchev–Trinajstić information content (AvgIpc) is 2.07. The Bertz CT molecular complexity index is 156. The van der Waals surface area contributed by atoms with Crippen molar-refractivity contribution in [2.75, 3.05) is 13.7 Å². The molecule has 0 aromatic rings. The van der Waals surface area contributed by atoms with Crippen LogP contribution in [-0.2, 0) is 4.74 Å². The molecule has 11 heavy (non-hydrogen) atoms. The van der Waals surface area contributed by atoms with Crippen LogP contribution in [0.4, 0.5) is 0 Å². The molecule has 1 aliphatic rings. The van der Waals surface area contributed by atoms with Gasteiger partial charge in [-0.3, -0.25) is 0 Å². The number of ether oxygens (including phenoxy) is 1. The van der Waals surface area contributed by atoms with Gasteiger partial charge in [-0.25, -0.2) is 0 Å². The second kappa shape index (κ2) is 5.14. The third kappa shape index (κ3) is 3.38. The van der Waals surface area contributed by atoms with Gasteiger partial charge in [0.05, 0.1) is 0 Å². The minimum Gasteiger partial charge on any atom is -0.385 e. The molecule has 0 spiro atoms. The molecule has 0 saturated heterocycles. The lowest BCUT2D eigenvalue weighted by Gasteiger charge is -2.07. The molecule has 0 aromatic carbocycles. The molecule has 0 N–H and O–H groups in total. The highest BCUT2D eigenvalue weighted by atomic mass is 16.5. The number of hydrogen-bond acceptors (Lipinski definition) is 1. The van der Waals surface area contributed by atoms with Crippen LogP contribution in [0.5, 0.6) is 0 Å². The average molecular weight is 152 g/mol. The van der Waals surface area contributed by atoms with Crippen LogP contribution >= 0.6 is 0 Å². The zero-order chi connectivity index (χ0) is 7.94. The maximum atomic E-state index is 4.99. The molecule has 1 nitrogen and oxygen atoms in total. The van der Waals surface area contributed by atoms with Crippen LogP contribution in [0.15, 0.2) is 23.8 Å². The van der Waals surface area contributed by atoms with E-state index < -0.39 is 0 Å². The van der Waals surface area contributed by atoms with E-state index in [0.29, 0.717) is 0 Å². The van der Waals surface area contributed by atoms with Crippen molar-refractivity contribution in [3.63, 3.8) is 0 Å². The maximum Gasteiger partial charge on any atom is 0.0465 e. The monoisotopic (exact) mass is 152 g/mol. The molecule has 0 bridgehead atoms. The Hall–Kier alpha value is -0.560. The molecule has 0 aliphatic heterocycles. The summed E-state index contributed by atoms with van der Waals surface area (Å²) in [6.07, 6.45) is 11.5. The fourth-order valence-electron chi connectivity index (χ4n) is 1.30. The Morgan fingerprint density at radius 2 is 2.45 bits per heavy atom. The maximum absolute atomic E-state index is 4.99. The highest BCUT2D eigenvalue weighted by molar-refractivity contribution is 5.17. The predicted molar refractivity (Wildman–Crippen MR) is 47.6 cm³/mol. The Balaban J connectivity index is 2.15. The molecule has 0 unspecified atom stereocenters. The van der Waals surface area contributed by atoms with E-state index in [1.54, 1.807) is 12.7 Å². The van der Waals surface area contributed by atoms with Gasteiger partial charge in [-0.15, -0.1) is 0 Å². The molecule has 0 aromatic heterocycles. The third-order valence-electron chi connectivity index (χ3n) is 1.95. The van der Waals surface area contributed by atoms with Crippen molar-refractivity contribution >= 4 is 0 Å². The summed E-state index contributed by atoms with van der Waals surface area (Å²) in [4.78, 5) is 0. The van der Waals surface area contributed by atoms with Crippen molar-refractivity contribution in [2.24, 2.45) is 0 Å². The van der Waals surface area contributed by atoms with Crippen LogP contribution in [0, 0.1) is 0 Å². The van der Waals surface area contributed by atoms with Crippen LogP contribution in [0.3, 0.4) is 0 Å². The van der Waals surface area contributed by atoms with Crippen molar-refractivity contribution in [2.45, 2.75) is 25.7 Å². The van der Waals surface area contributed by atoms with Gasteiger partial charge in [0.25, 0.3) is 0 Å². The summed E-state index contributed by atoms with van der Waals surface area (Å²) in [5.41, 5.74) is 1.57. The van der Waals surface area contributed by atoms with Gasteiger partial charge in [0.2, 0.25) is 0 Å². The second-order valence-corrected chi connectivity index (χ2v) is 2.89. The van der Waals surface area contributed by atoms with Gasteiger partial charge >= 0.3 is 0 Å². The first-order chi connectivity index (χ1) is 5.43. The lowest BCUT2D eigenvalue weighted by atomic mass is 10.0. The summed E-state index contributed by atoms with van der Waals surface area (Å²) in [6, 6.07) is 0. The molecule has 1 heteroatoms. The molecule has 62 valence electrons. The van der Waals surface area contributed by atoms with Crippen molar-refractivity contribution in [3.8, 4) is 0 Å². The molecule has 0 atom stereocenters. The molecular formula is C10H16O. The molecule has 1 rings (SSSR count). The van der Waals surface area contributed by atoms with Crippen molar-refractivity contribution in [3.05, 3.63) is 23.8 Å². The first-order valence-electron chi connectivity index (χ1n) is 4.27. The zero-order valence-electron chi connectivity index (χ0n) is 7.18. The largest absolute Gasteiger partial charge is 0.385 e. The predicted octanol–water partition coefficient (Wildman–Crippen LogP) is 2.69. The highest BCUT2D eigenvalue weighted by Crippen LogP contribution is 2.16. The van der Waals surface area contributed by atoms with E-state index in [0.717, 1.165) is 13.0 Å². The Kier molecular flexibility index (Phi) is 3.99. The van der Waals surface area contributed by atoms with Gasteiger partial charge < -0.3 is 4.74 Å². The molecule has 0 heterocycles. The molecule has 0 saturated carbocycles. The first-order valence-corrected chi connectivity index (χ1v) is 4.27. The molecule has 0 radical (unpaired) electrons. The van der Waals surface area contributed by atoms with Crippen LogP contribution < -0.4 is 0 Å². The smallest absolute Gasteiger partial charge is 0.0465 e. The van der Waals surface area contributed by atoms with Crippen LogP contribution in [-0.4, -0.2) is 13.7 Å². The van der Waals surface area contributed by atoms with Gasteiger partial charge in [-0.2, -0.15) is 0 Å². The van der Waals surface area contributed by atoms with E-state index >= 15 is 0 Å². The van der Waals surface area contributed by atoms with Gasteiger partial charge in [0.1, 0.15) is 0 Å². The number of hydrogen-bond donors (Lipinski definition) is 0. The summed E-state index contributed by atoms with van der Waals surface area (Å²) in [5.74, 6) is 0. The molecule has 0 amide bonds. The Morgan fingerprint density at radius 3 is 3.09 bits per heavy atom. The molecule has 1 aliphatic carbocycles. The lowest BCUT2D eigenvalue weighted by Crippen LogP contribution is -1.92. The zero-order valence-corrected chi connectivity index (χ0v) is 7.18. The van der Waals surface area contributed by atoms with Crippen LogP contribution in [0.2, 0.25) is 0 Å². The molecule has 0 fully saturated rings. The van der Waals surface area contributed by atoms with Crippen molar-refractivity contribution in [1.29, 1.82) is 0 Å². The van der Waals surface area contributed by atoms with E-state index in [2.05, 4.69) is 18.2 Å². The van der Waals surface area contributed by atoms with Gasteiger partial charge in [0.15, 0.2) is 0 Å². The Labute approximate surface area is 68.8 Å². The van der Waals surface area contributed by atoms with Gasteiger partial charge in [0, 0.05) is 13.7 Å². The number of allylic oxidation sites excluding steroid dienone is 4. The van der Waals surface area contributed by atoms with Gasteiger partial charge in [-0.1, -0.05) is 23.8 Å². The van der Waals surface area contributed by atoms with Crippen molar-refractivity contribution < 1.29 is 4.74 Å². The summed E-state index contributed by atoms with van der Waals surface area (Å²) in [5, 5.41) is 0. The summed E-state index contributed by atoms with van der Waals surface area (Å²) in [6.45, 7) is 0.890. The van der Waals surface area contributed by atoms with E-state index in [1.165, 1.54) is 19.3 Å². The SMILES string of the molecule is COCCCC1=CC=CCC1. The summed E-state index contributed by atoms with van der Waals surface area (Å²) < 4.78 is 4.99. The molecular weight excluding hydrogens is 136 g/mol. The number of rotatable bonds is 4. The normalized spacial score (nSPS) is 16.6. The van der Waals surface area contributed by atoms with E-state index in [-0.39, 0.29) is 0 Å². The van der Waals surface area contributed by atoms with Crippen LogP contribution in [0.25, 0.3) is 0 Å². The summed E-state index contributed by atoms with van der Waals surface area (Å²) >= 11 is 0. The minimum atomic E-state index is 0.890. The minimum absolute atomic E-state index is 0.890. The van der Waals surface area contributed by atoms with Gasteiger partial charge in [-0.05, 0) is 25.7 Å². The second-order valence-electron chi connectivity index (χ2n) is 2.89. The first kappa shape index (κ1) is 8.54. The van der Waals surface area contributed by atoms with E-state index in [9.17, 15) is 0 Å². The third-order valence-corrected chi connectivity index (χ3v) is 1.95. The summed E-state index contributed by atoms with van der Waals surface area (Å²) in [7, 11) is 1.76.